The Morgan fingerprint density at radius 1 is 1.07 bits per heavy atom. The number of rotatable bonds is 9. The number of anilines is 2. The molecule has 1 aromatic heterocycles. The standard InChI is InChI=1S/C22H25N3O4/c1-2-8-28-16-6-7-17-19(12-16)29-18(4-3-5-20(25)26)21(17)22(27)13-9-14(23)11-15(24)10-13/h6-7,9-12H,2-5,8,23-24H2,1H3,(H2,25,26). The fraction of sp³-hybridized carbons (Fsp3) is 0.273. The van der Waals surface area contributed by atoms with Gasteiger partial charge in [-0.3, -0.25) is 9.59 Å². The summed E-state index contributed by atoms with van der Waals surface area (Å²) in [5.74, 6) is 0.538. The Labute approximate surface area is 168 Å². The fourth-order valence-electron chi connectivity index (χ4n) is 3.24. The molecular formula is C22H25N3O4. The van der Waals surface area contributed by atoms with E-state index >= 15 is 0 Å². The molecule has 29 heavy (non-hydrogen) atoms. The minimum Gasteiger partial charge on any atom is -0.493 e. The molecule has 152 valence electrons. The second-order valence-corrected chi connectivity index (χ2v) is 6.94. The summed E-state index contributed by atoms with van der Waals surface area (Å²) in [6.07, 6.45) is 1.98. The number of carbonyl (C=O) groups is 2. The van der Waals surface area contributed by atoms with E-state index in [1.54, 1.807) is 24.3 Å². The third-order valence-corrected chi connectivity index (χ3v) is 4.50. The van der Waals surface area contributed by atoms with Crippen LogP contribution in [0.1, 0.15) is 47.9 Å². The van der Waals surface area contributed by atoms with Crippen LogP contribution in [0.2, 0.25) is 0 Å². The minimum absolute atomic E-state index is 0.209. The molecule has 0 atom stereocenters. The first-order chi connectivity index (χ1) is 13.9. The van der Waals surface area contributed by atoms with Gasteiger partial charge in [0.05, 0.1) is 12.2 Å². The molecule has 0 saturated heterocycles. The van der Waals surface area contributed by atoms with Crippen molar-refractivity contribution in [3.8, 4) is 5.75 Å². The van der Waals surface area contributed by atoms with Crippen molar-refractivity contribution in [3.05, 3.63) is 53.3 Å². The Kier molecular flexibility index (Phi) is 6.07. The maximum Gasteiger partial charge on any atom is 0.217 e. The summed E-state index contributed by atoms with van der Waals surface area (Å²) in [5, 5.41) is 0.675. The molecule has 1 heterocycles. The van der Waals surface area contributed by atoms with Crippen molar-refractivity contribution in [2.45, 2.75) is 32.6 Å². The van der Waals surface area contributed by atoms with Crippen LogP contribution >= 0.6 is 0 Å². The normalized spacial score (nSPS) is 10.9. The van der Waals surface area contributed by atoms with Gasteiger partial charge in [-0.05, 0) is 43.2 Å². The molecular weight excluding hydrogens is 370 g/mol. The number of hydrogen-bond acceptors (Lipinski definition) is 6. The summed E-state index contributed by atoms with van der Waals surface area (Å²) in [7, 11) is 0. The molecule has 0 radical (unpaired) electrons. The van der Waals surface area contributed by atoms with Gasteiger partial charge in [0.1, 0.15) is 17.1 Å². The van der Waals surface area contributed by atoms with Gasteiger partial charge in [-0.1, -0.05) is 6.92 Å². The Hall–Kier alpha value is -3.48. The van der Waals surface area contributed by atoms with Crippen molar-refractivity contribution in [3.63, 3.8) is 0 Å². The highest BCUT2D eigenvalue weighted by molar-refractivity contribution is 6.17. The summed E-state index contributed by atoms with van der Waals surface area (Å²) in [5.41, 5.74) is 19.1. The molecule has 0 bridgehead atoms. The molecule has 7 heteroatoms. The predicted molar refractivity (Wildman–Crippen MR) is 113 cm³/mol. The number of fused-ring (bicyclic) bond motifs is 1. The van der Waals surface area contributed by atoms with Crippen LogP contribution in [0.25, 0.3) is 11.0 Å². The molecule has 3 aromatic rings. The van der Waals surface area contributed by atoms with E-state index < -0.39 is 5.91 Å². The predicted octanol–water partition coefficient (Wildman–Crippen LogP) is 3.43. The van der Waals surface area contributed by atoms with Gasteiger partial charge in [-0.15, -0.1) is 0 Å². The van der Waals surface area contributed by atoms with Crippen LogP contribution in [0.3, 0.4) is 0 Å². The first kappa shape index (κ1) is 20.3. The lowest BCUT2D eigenvalue weighted by Crippen LogP contribution is -2.11. The number of carbonyl (C=O) groups excluding carboxylic acids is 2. The third-order valence-electron chi connectivity index (χ3n) is 4.50. The van der Waals surface area contributed by atoms with Crippen molar-refractivity contribution in [1.29, 1.82) is 0 Å². The first-order valence-electron chi connectivity index (χ1n) is 9.56. The molecule has 0 saturated carbocycles. The summed E-state index contributed by atoms with van der Waals surface area (Å²) < 4.78 is 11.7. The zero-order chi connectivity index (χ0) is 21.0. The summed E-state index contributed by atoms with van der Waals surface area (Å²) in [4.78, 5) is 24.4. The SMILES string of the molecule is CCCOc1ccc2c(C(=O)c3cc(N)cc(N)c3)c(CCCC(N)=O)oc2c1. The summed E-state index contributed by atoms with van der Waals surface area (Å²) in [6.45, 7) is 2.61. The zero-order valence-electron chi connectivity index (χ0n) is 16.4. The molecule has 0 spiro atoms. The Morgan fingerprint density at radius 3 is 2.45 bits per heavy atom. The maximum absolute atomic E-state index is 13.3. The number of primary amides is 1. The van der Waals surface area contributed by atoms with Crippen molar-refractivity contribution in [2.24, 2.45) is 5.73 Å². The van der Waals surface area contributed by atoms with Crippen molar-refractivity contribution in [2.75, 3.05) is 18.1 Å². The lowest BCUT2D eigenvalue weighted by molar-refractivity contribution is -0.118. The first-order valence-corrected chi connectivity index (χ1v) is 9.56. The number of amides is 1. The van der Waals surface area contributed by atoms with Crippen LogP contribution in [0.4, 0.5) is 11.4 Å². The largest absolute Gasteiger partial charge is 0.493 e. The molecule has 7 nitrogen and oxygen atoms in total. The monoisotopic (exact) mass is 395 g/mol. The van der Waals surface area contributed by atoms with Gasteiger partial charge in [0, 0.05) is 41.2 Å². The molecule has 2 aromatic carbocycles. The molecule has 0 unspecified atom stereocenters. The summed E-state index contributed by atoms with van der Waals surface area (Å²) >= 11 is 0. The quantitative estimate of drug-likeness (QED) is 0.375. The summed E-state index contributed by atoms with van der Waals surface area (Å²) in [6, 6.07) is 10.2. The minimum atomic E-state index is -0.396. The van der Waals surface area contributed by atoms with Crippen LogP contribution in [-0.2, 0) is 11.2 Å². The van der Waals surface area contributed by atoms with Crippen LogP contribution in [-0.4, -0.2) is 18.3 Å². The number of benzene rings is 2. The number of nitrogen functional groups attached to an aromatic ring is 2. The van der Waals surface area contributed by atoms with Gasteiger partial charge >= 0.3 is 0 Å². The highest BCUT2D eigenvalue weighted by atomic mass is 16.5. The van der Waals surface area contributed by atoms with E-state index in [1.807, 2.05) is 19.1 Å². The van der Waals surface area contributed by atoms with Crippen molar-refractivity contribution in [1.82, 2.24) is 0 Å². The number of aryl methyl sites for hydroxylation is 1. The van der Waals surface area contributed by atoms with E-state index in [9.17, 15) is 9.59 Å². The van der Waals surface area contributed by atoms with E-state index in [0.29, 0.717) is 64.4 Å². The van der Waals surface area contributed by atoms with E-state index in [4.69, 9.17) is 26.4 Å². The maximum atomic E-state index is 13.3. The Bertz CT molecular complexity index is 1040. The molecule has 0 aliphatic heterocycles. The van der Waals surface area contributed by atoms with Gasteiger partial charge < -0.3 is 26.4 Å². The Morgan fingerprint density at radius 2 is 1.79 bits per heavy atom. The molecule has 3 rings (SSSR count). The average molecular weight is 395 g/mol. The lowest BCUT2D eigenvalue weighted by atomic mass is 9.97. The topological polar surface area (TPSA) is 135 Å². The van der Waals surface area contributed by atoms with Crippen LogP contribution in [0.5, 0.6) is 5.75 Å². The lowest BCUT2D eigenvalue weighted by Gasteiger charge is -2.06. The number of furan rings is 1. The van der Waals surface area contributed by atoms with E-state index in [2.05, 4.69) is 0 Å². The molecule has 6 N–H and O–H groups in total. The second-order valence-electron chi connectivity index (χ2n) is 6.94. The van der Waals surface area contributed by atoms with Gasteiger partial charge in [-0.2, -0.15) is 0 Å². The smallest absolute Gasteiger partial charge is 0.217 e. The number of hydrogen-bond donors (Lipinski definition) is 3. The van der Waals surface area contributed by atoms with Gasteiger partial charge in [-0.25, -0.2) is 0 Å². The van der Waals surface area contributed by atoms with Gasteiger partial charge in [0.25, 0.3) is 0 Å². The number of nitrogens with two attached hydrogens (primary N) is 3. The number of ether oxygens (including phenoxy) is 1. The van der Waals surface area contributed by atoms with Crippen molar-refractivity contribution < 1.29 is 18.7 Å². The number of ketones is 1. The third kappa shape index (κ3) is 4.68. The second kappa shape index (κ2) is 8.68. The highest BCUT2D eigenvalue weighted by Gasteiger charge is 2.23. The van der Waals surface area contributed by atoms with Crippen molar-refractivity contribution >= 4 is 34.0 Å². The molecule has 1 amide bonds. The van der Waals surface area contributed by atoms with E-state index in [1.165, 1.54) is 0 Å². The zero-order valence-corrected chi connectivity index (χ0v) is 16.4. The average Bonchev–Trinajstić information content (AvgIpc) is 3.02. The Balaban J connectivity index is 2.05. The van der Waals surface area contributed by atoms with Crippen LogP contribution in [0.15, 0.2) is 40.8 Å². The fourth-order valence-corrected chi connectivity index (χ4v) is 3.24. The van der Waals surface area contributed by atoms with Gasteiger partial charge in [0.15, 0.2) is 5.78 Å². The molecule has 0 aliphatic carbocycles. The molecule has 0 aliphatic rings. The van der Waals surface area contributed by atoms with Crippen LogP contribution < -0.4 is 21.9 Å². The highest BCUT2D eigenvalue weighted by Crippen LogP contribution is 2.32. The molecule has 0 fully saturated rings. The van der Waals surface area contributed by atoms with E-state index in [0.717, 1.165) is 6.42 Å². The van der Waals surface area contributed by atoms with E-state index in [-0.39, 0.29) is 12.2 Å². The van der Waals surface area contributed by atoms with Gasteiger partial charge in [0.2, 0.25) is 5.91 Å². The van der Waals surface area contributed by atoms with Crippen LogP contribution in [0, 0.1) is 0 Å².